The Labute approximate surface area is 117 Å². The Morgan fingerprint density at radius 3 is 2.35 bits per heavy atom. The molecule has 0 atom stereocenters. The first-order chi connectivity index (χ1) is 9.65. The van der Waals surface area contributed by atoms with E-state index in [0.717, 1.165) is 18.8 Å². The van der Waals surface area contributed by atoms with E-state index in [9.17, 15) is 9.59 Å². The van der Waals surface area contributed by atoms with E-state index in [0.29, 0.717) is 5.69 Å². The molecule has 0 aliphatic carbocycles. The van der Waals surface area contributed by atoms with Crippen molar-refractivity contribution in [2.75, 3.05) is 29.9 Å². The Bertz CT molecular complexity index is 467. The molecule has 0 aromatic heterocycles. The van der Waals surface area contributed by atoms with Crippen LogP contribution in [0, 0.1) is 0 Å². The SMILES string of the molecule is O=C(O)CNC(=O)Nc1ccc(N2CCCCC2)cc1. The maximum Gasteiger partial charge on any atom is 0.323 e. The van der Waals surface area contributed by atoms with E-state index in [2.05, 4.69) is 15.5 Å². The van der Waals surface area contributed by atoms with E-state index in [4.69, 9.17) is 5.11 Å². The molecule has 108 valence electrons. The summed E-state index contributed by atoms with van der Waals surface area (Å²) in [5.74, 6) is -1.07. The molecule has 1 aliphatic heterocycles. The van der Waals surface area contributed by atoms with Crippen LogP contribution in [0.25, 0.3) is 0 Å². The minimum Gasteiger partial charge on any atom is -0.480 e. The summed E-state index contributed by atoms with van der Waals surface area (Å²) in [4.78, 5) is 24.1. The first kappa shape index (κ1) is 14.2. The lowest BCUT2D eigenvalue weighted by Crippen LogP contribution is -2.33. The molecule has 0 bridgehead atoms. The zero-order chi connectivity index (χ0) is 14.4. The summed E-state index contributed by atoms with van der Waals surface area (Å²) in [6, 6.07) is 7.07. The van der Waals surface area contributed by atoms with E-state index in [1.54, 1.807) is 0 Å². The zero-order valence-electron chi connectivity index (χ0n) is 11.3. The molecule has 1 saturated heterocycles. The second-order valence-electron chi connectivity index (χ2n) is 4.80. The van der Waals surface area contributed by atoms with Crippen LogP contribution in [0.5, 0.6) is 0 Å². The normalized spacial score (nSPS) is 14.7. The molecule has 0 radical (unpaired) electrons. The van der Waals surface area contributed by atoms with Crippen molar-refractivity contribution >= 4 is 23.4 Å². The third-order valence-electron chi connectivity index (χ3n) is 3.25. The molecule has 0 saturated carbocycles. The van der Waals surface area contributed by atoms with Crippen molar-refractivity contribution in [2.45, 2.75) is 19.3 Å². The van der Waals surface area contributed by atoms with Crippen molar-refractivity contribution in [3.8, 4) is 0 Å². The molecule has 20 heavy (non-hydrogen) atoms. The number of carboxylic acids is 1. The number of anilines is 2. The summed E-state index contributed by atoms with van der Waals surface area (Å²) in [7, 11) is 0. The number of rotatable bonds is 4. The van der Waals surface area contributed by atoms with Gasteiger partial charge in [-0.3, -0.25) is 4.79 Å². The monoisotopic (exact) mass is 277 g/mol. The number of carboxylic acid groups (broad SMARTS) is 1. The Hall–Kier alpha value is -2.24. The van der Waals surface area contributed by atoms with Crippen LogP contribution in [0.3, 0.4) is 0 Å². The fourth-order valence-corrected chi connectivity index (χ4v) is 2.24. The molecule has 1 aromatic rings. The minimum absolute atomic E-state index is 0.391. The van der Waals surface area contributed by atoms with Gasteiger partial charge < -0.3 is 20.6 Å². The van der Waals surface area contributed by atoms with Gasteiger partial charge in [0.2, 0.25) is 0 Å². The smallest absolute Gasteiger partial charge is 0.323 e. The predicted octanol–water partition coefficient (Wildman–Crippen LogP) is 1.88. The number of hydrogen-bond donors (Lipinski definition) is 3. The molecule has 0 unspecified atom stereocenters. The van der Waals surface area contributed by atoms with Gasteiger partial charge in [-0.15, -0.1) is 0 Å². The quantitative estimate of drug-likeness (QED) is 0.785. The molecule has 1 heterocycles. The number of carbonyl (C=O) groups excluding carboxylic acids is 1. The van der Waals surface area contributed by atoms with E-state index in [1.807, 2.05) is 24.3 Å². The maximum atomic E-state index is 11.4. The predicted molar refractivity (Wildman–Crippen MR) is 77.2 cm³/mol. The summed E-state index contributed by atoms with van der Waals surface area (Å²) in [6.07, 6.45) is 3.73. The second-order valence-corrected chi connectivity index (χ2v) is 4.80. The van der Waals surface area contributed by atoms with Crippen molar-refractivity contribution in [1.82, 2.24) is 5.32 Å². The number of urea groups is 1. The molecule has 1 fully saturated rings. The number of piperidine rings is 1. The molecule has 3 N–H and O–H groups in total. The lowest BCUT2D eigenvalue weighted by molar-refractivity contribution is -0.135. The summed E-state index contributed by atoms with van der Waals surface area (Å²) in [5, 5.41) is 13.3. The Morgan fingerprint density at radius 1 is 1.10 bits per heavy atom. The first-order valence-electron chi connectivity index (χ1n) is 6.77. The second kappa shape index (κ2) is 6.79. The molecular formula is C14H19N3O3. The highest BCUT2D eigenvalue weighted by atomic mass is 16.4. The molecular weight excluding hydrogens is 258 g/mol. The van der Waals surface area contributed by atoms with Crippen LogP contribution in [-0.2, 0) is 4.79 Å². The largest absolute Gasteiger partial charge is 0.480 e. The van der Waals surface area contributed by atoms with E-state index in [1.165, 1.54) is 19.3 Å². The van der Waals surface area contributed by atoms with Crippen molar-refractivity contribution in [1.29, 1.82) is 0 Å². The number of amides is 2. The van der Waals surface area contributed by atoms with Gasteiger partial charge in [0.25, 0.3) is 0 Å². The third-order valence-corrected chi connectivity index (χ3v) is 3.25. The van der Waals surface area contributed by atoms with Gasteiger partial charge in [0.15, 0.2) is 0 Å². The van der Waals surface area contributed by atoms with Crippen molar-refractivity contribution in [3.05, 3.63) is 24.3 Å². The molecule has 2 rings (SSSR count). The minimum atomic E-state index is -1.07. The van der Waals surface area contributed by atoms with E-state index >= 15 is 0 Å². The number of benzene rings is 1. The van der Waals surface area contributed by atoms with Crippen LogP contribution < -0.4 is 15.5 Å². The average Bonchev–Trinajstić information content (AvgIpc) is 2.47. The maximum absolute atomic E-state index is 11.4. The Kier molecular flexibility index (Phi) is 4.81. The highest BCUT2D eigenvalue weighted by Crippen LogP contribution is 2.21. The van der Waals surface area contributed by atoms with Gasteiger partial charge in [-0.2, -0.15) is 0 Å². The number of hydrogen-bond acceptors (Lipinski definition) is 3. The van der Waals surface area contributed by atoms with Gasteiger partial charge >= 0.3 is 12.0 Å². The van der Waals surface area contributed by atoms with Crippen LogP contribution in [0.1, 0.15) is 19.3 Å². The fraction of sp³-hybridized carbons (Fsp3) is 0.429. The first-order valence-corrected chi connectivity index (χ1v) is 6.77. The van der Waals surface area contributed by atoms with Gasteiger partial charge in [-0.1, -0.05) is 0 Å². The molecule has 6 nitrogen and oxygen atoms in total. The van der Waals surface area contributed by atoms with Gasteiger partial charge in [-0.25, -0.2) is 4.79 Å². The molecule has 1 aliphatic rings. The Balaban J connectivity index is 1.87. The molecule has 0 spiro atoms. The number of nitrogens with one attached hydrogen (secondary N) is 2. The number of carbonyl (C=O) groups is 2. The van der Waals surface area contributed by atoms with Crippen molar-refractivity contribution < 1.29 is 14.7 Å². The molecule has 1 aromatic carbocycles. The molecule has 6 heteroatoms. The topological polar surface area (TPSA) is 81.7 Å². The van der Waals surface area contributed by atoms with Crippen LogP contribution in [-0.4, -0.2) is 36.7 Å². The van der Waals surface area contributed by atoms with Gasteiger partial charge in [0.1, 0.15) is 6.54 Å². The highest BCUT2D eigenvalue weighted by molar-refractivity contribution is 5.91. The van der Waals surface area contributed by atoms with Crippen molar-refractivity contribution in [2.24, 2.45) is 0 Å². The van der Waals surface area contributed by atoms with Crippen LogP contribution in [0.15, 0.2) is 24.3 Å². The lowest BCUT2D eigenvalue weighted by Gasteiger charge is -2.28. The fourth-order valence-electron chi connectivity index (χ4n) is 2.24. The lowest BCUT2D eigenvalue weighted by atomic mass is 10.1. The number of aliphatic carboxylic acids is 1. The van der Waals surface area contributed by atoms with E-state index in [-0.39, 0.29) is 0 Å². The van der Waals surface area contributed by atoms with Crippen LogP contribution >= 0.6 is 0 Å². The standard InChI is InChI=1S/C14H19N3O3/c18-13(19)10-15-14(20)16-11-4-6-12(7-5-11)17-8-2-1-3-9-17/h4-7H,1-3,8-10H2,(H,18,19)(H2,15,16,20). The zero-order valence-corrected chi connectivity index (χ0v) is 11.3. The van der Waals surface area contributed by atoms with E-state index < -0.39 is 18.5 Å². The van der Waals surface area contributed by atoms with Crippen LogP contribution in [0.4, 0.5) is 16.2 Å². The average molecular weight is 277 g/mol. The van der Waals surface area contributed by atoms with Crippen molar-refractivity contribution in [3.63, 3.8) is 0 Å². The summed E-state index contributed by atoms with van der Waals surface area (Å²) in [5.41, 5.74) is 1.80. The van der Waals surface area contributed by atoms with Gasteiger partial charge in [0, 0.05) is 24.5 Å². The van der Waals surface area contributed by atoms with Gasteiger partial charge in [-0.05, 0) is 43.5 Å². The highest BCUT2D eigenvalue weighted by Gasteiger charge is 2.10. The molecule has 2 amide bonds. The number of nitrogens with zero attached hydrogens (tertiary/aromatic N) is 1. The third kappa shape index (κ3) is 4.15. The van der Waals surface area contributed by atoms with Crippen LogP contribution in [0.2, 0.25) is 0 Å². The summed E-state index contributed by atoms with van der Waals surface area (Å²) < 4.78 is 0. The van der Waals surface area contributed by atoms with Gasteiger partial charge in [0.05, 0.1) is 0 Å². The Morgan fingerprint density at radius 2 is 1.75 bits per heavy atom. The summed E-state index contributed by atoms with van der Waals surface area (Å²) >= 11 is 0. The summed E-state index contributed by atoms with van der Waals surface area (Å²) in [6.45, 7) is 1.76.